The molecule has 2 aliphatic carbocycles. The Bertz CT molecular complexity index is 1500. The number of fused-ring (bicyclic) bond motifs is 2. The molecule has 220 valence electrons. The van der Waals surface area contributed by atoms with Crippen molar-refractivity contribution in [3.8, 4) is 0 Å². The Morgan fingerprint density at radius 1 is 1.10 bits per heavy atom. The number of sulfone groups is 1. The molecule has 2 bridgehead atoms. The van der Waals surface area contributed by atoms with Gasteiger partial charge in [-0.2, -0.15) is 0 Å². The molecule has 4 N–H and O–H groups in total. The van der Waals surface area contributed by atoms with E-state index in [0.717, 1.165) is 6.07 Å². The fraction of sp³-hybridized carbons (Fsp3) is 0.423. The van der Waals surface area contributed by atoms with Gasteiger partial charge in [-0.1, -0.05) is 11.6 Å². The number of halogens is 4. The van der Waals surface area contributed by atoms with Crippen molar-refractivity contribution in [3.63, 3.8) is 0 Å². The Morgan fingerprint density at radius 3 is 2.32 bits per heavy atom. The van der Waals surface area contributed by atoms with Crippen LogP contribution in [-0.4, -0.2) is 61.5 Å². The number of carbonyl (C=O) groups excluding carboxylic acids is 3. The van der Waals surface area contributed by atoms with Crippen LogP contribution in [0.15, 0.2) is 35.2 Å². The molecule has 10 nitrogen and oxygen atoms in total. The molecule has 0 aromatic heterocycles. The summed E-state index contributed by atoms with van der Waals surface area (Å²) in [5.74, 6) is -7.05. The topological polar surface area (TPSA) is 151 Å². The van der Waals surface area contributed by atoms with Gasteiger partial charge in [0.1, 0.15) is 12.6 Å². The highest BCUT2D eigenvalue weighted by molar-refractivity contribution is 7.92. The first-order chi connectivity index (χ1) is 19.3. The third kappa shape index (κ3) is 5.47. The van der Waals surface area contributed by atoms with Crippen LogP contribution in [0.3, 0.4) is 0 Å². The second kappa shape index (κ2) is 10.8. The lowest BCUT2D eigenvalue weighted by atomic mass is 9.74. The van der Waals surface area contributed by atoms with Gasteiger partial charge in [0.25, 0.3) is 5.91 Å². The lowest BCUT2D eigenvalue weighted by Crippen LogP contribution is -2.56. The Hall–Kier alpha value is -3.36. The van der Waals surface area contributed by atoms with Crippen LogP contribution in [0.1, 0.15) is 36.0 Å². The predicted molar refractivity (Wildman–Crippen MR) is 138 cm³/mol. The second-order valence-electron chi connectivity index (χ2n) is 10.5. The van der Waals surface area contributed by atoms with Crippen molar-refractivity contribution in [2.24, 2.45) is 11.8 Å². The summed E-state index contributed by atoms with van der Waals surface area (Å²) < 4.78 is 72.5. The molecule has 0 spiro atoms. The first-order valence-corrected chi connectivity index (χ1v) is 14.6. The number of alkyl carbamates (subject to hydrolysis) is 1. The molecule has 2 saturated carbocycles. The predicted octanol–water partition coefficient (Wildman–Crippen LogP) is 2.93. The molecule has 5 atom stereocenters. The maximum Gasteiger partial charge on any atom is 0.407 e. The largest absolute Gasteiger partial charge is 0.447 e. The van der Waals surface area contributed by atoms with E-state index in [2.05, 4.69) is 16.0 Å². The number of cyclic esters (lactones) is 1. The van der Waals surface area contributed by atoms with Gasteiger partial charge in [-0.15, -0.1) is 0 Å². The summed E-state index contributed by atoms with van der Waals surface area (Å²) in [6.45, 7) is -0.257. The van der Waals surface area contributed by atoms with Crippen molar-refractivity contribution >= 4 is 45.0 Å². The molecule has 15 heteroatoms. The van der Waals surface area contributed by atoms with Crippen molar-refractivity contribution in [3.05, 3.63) is 58.4 Å². The van der Waals surface area contributed by atoms with E-state index >= 15 is 0 Å². The third-order valence-electron chi connectivity index (χ3n) is 8.09. The highest BCUT2D eigenvalue weighted by Gasteiger charge is 2.56. The number of aliphatic hydroxyl groups is 1. The Kier molecular flexibility index (Phi) is 7.68. The summed E-state index contributed by atoms with van der Waals surface area (Å²) in [5, 5.41) is 17.6. The number of hydrogen-bond acceptors (Lipinski definition) is 7. The van der Waals surface area contributed by atoms with Crippen molar-refractivity contribution < 1.29 is 45.8 Å². The van der Waals surface area contributed by atoms with Gasteiger partial charge in [0.05, 0.1) is 20.8 Å². The minimum absolute atomic E-state index is 0.0787. The average molecular weight is 616 g/mol. The number of rotatable bonds is 7. The Balaban J connectivity index is 1.30. The minimum Gasteiger partial charge on any atom is -0.447 e. The normalized spacial score (nSPS) is 27.2. The van der Waals surface area contributed by atoms with Crippen molar-refractivity contribution in [1.29, 1.82) is 0 Å². The number of hydrogen-bond donors (Lipinski definition) is 4. The van der Waals surface area contributed by atoms with Gasteiger partial charge in [-0.05, 0) is 55.7 Å². The SMILES string of the molecule is O=C1N[C@@H](C(=O)NCC2(O)C3CC[C@H]2CC(S(=O)(=O)c2cc(C(=O)Nc4cc(F)c(F)c(F)c4)ccc2Cl)C3)CO1. The van der Waals surface area contributed by atoms with E-state index in [1.165, 1.54) is 12.1 Å². The molecule has 1 aliphatic heterocycles. The van der Waals surface area contributed by atoms with Gasteiger partial charge < -0.3 is 25.8 Å². The molecule has 3 amide bonds. The third-order valence-corrected chi connectivity index (χ3v) is 10.7. The van der Waals surface area contributed by atoms with Gasteiger partial charge >= 0.3 is 6.09 Å². The molecular weight excluding hydrogens is 591 g/mol. The fourth-order valence-electron chi connectivity index (χ4n) is 5.90. The first-order valence-electron chi connectivity index (χ1n) is 12.7. The molecule has 0 radical (unpaired) electrons. The smallest absolute Gasteiger partial charge is 0.407 e. The number of amides is 3. The molecule has 41 heavy (non-hydrogen) atoms. The fourth-order valence-corrected chi connectivity index (χ4v) is 8.30. The van der Waals surface area contributed by atoms with Crippen LogP contribution in [0.4, 0.5) is 23.7 Å². The van der Waals surface area contributed by atoms with Crippen LogP contribution >= 0.6 is 11.6 Å². The lowest BCUT2D eigenvalue weighted by molar-refractivity contribution is -0.126. The van der Waals surface area contributed by atoms with E-state index in [9.17, 15) is 41.1 Å². The summed E-state index contributed by atoms with van der Waals surface area (Å²) in [6, 6.07) is 3.80. The zero-order valence-corrected chi connectivity index (χ0v) is 22.8. The Labute approximate surface area is 237 Å². The van der Waals surface area contributed by atoms with Gasteiger partial charge in [-0.25, -0.2) is 26.4 Å². The molecule has 5 rings (SSSR count). The summed E-state index contributed by atoms with van der Waals surface area (Å²) in [7, 11) is -4.11. The van der Waals surface area contributed by atoms with Gasteiger partial charge in [0, 0.05) is 29.9 Å². The summed E-state index contributed by atoms with van der Waals surface area (Å²) >= 11 is 6.24. The van der Waals surface area contributed by atoms with Crippen molar-refractivity contribution in [2.75, 3.05) is 18.5 Å². The summed E-state index contributed by atoms with van der Waals surface area (Å²) in [5.41, 5.74) is -1.89. The standard InChI is InChI=1S/C26H25ClF3N3O7S/c27-17-4-1-12(23(34)32-15-8-18(28)22(30)19(29)9-15)5-21(17)41(38,39)16-6-13-2-3-14(7-16)26(13,37)11-31-24(35)20-10-40-25(36)33-20/h1,4-5,8-9,13-14,16,20,37H,2-3,6-7,10-11H2,(H,31,35)(H,32,34)(H,33,36)/t13-,14?,16?,20+,26?/m0/s1. The zero-order chi connectivity index (χ0) is 29.7. The van der Waals surface area contributed by atoms with Crippen LogP contribution in [0, 0.1) is 29.3 Å². The second-order valence-corrected chi connectivity index (χ2v) is 13.1. The van der Waals surface area contributed by atoms with Crippen LogP contribution in [-0.2, 0) is 19.4 Å². The zero-order valence-electron chi connectivity index (χ0n) is 21.3. The van der Waals surface area contributed by atoms with E-state index in [4.69, 9.17) is 16.3 Å². The molecule has 3 fully saturated rings. The first kappa shape index (κ1) is 29.1. The molecule has 1 saturated heterocycles. The molecule has 2 aromatic carbocycles. The monoisotopic (exact) mass is 615 g/mol. The number of benzene rings is 2. The number of carbonyl (C=O) groups is 3. The van der Waals surface area contributed by atoms with Crippen LogP contribution in [0.25, 0.3) is 0 Å². The quantitative estimate of drug-likeness (QED) is 0.350. The summed E-state index contributed by atoms with van der Waals surface area (Å²) in [6.07, 6.45) is 0.513. The van der Waals surface area contributed by atoms with Crippen LogP contribution in [0.2, 0.25) is 5.02 Å². The van der Waals surface area contributed by atoms with Crippen LogP contribution in [0.5, 0.6) is 0 Å². The van der Waals surface area contributed by atoms with E-state index in [0.29, 0.717) is 25.0 Å². The minimum atomic E-state index is -4.11. The van der Waals surface area contributed by atoms with E-state index < -0.39 is 73.9 Å². The van der Waals surface area contributed by atoms with Crippen molar-refractivity contribution in [1.82, 2.24) is 10.6 Å². The number of nitrogens with one attached hydrogen (secondary N) is 3. The highest BCUT2D eigenvalue weighted by atomic mass is 35.5. The number of anilines is 1. The van der Waals surface area contributed by atoms with E-state index in [-0.39, 0.29) is 47.2 Å². The Morgan fingerprint density at radius 2 is 1.73 bits per heavy atom. The maximum absolute atomic E-state index is 13.7. The summed E-state index contributed by atoms with van der Waals surface area (Å²) in [4.78, 5) is 36.0. The molecule has 3 aliphatic rings. The van der Waals surface area contributed by atoms with Crippen molar-refractivity contribution in [2.45, 2.75) is 47.5 Å². The molecule has 1 heterocycles. The maximum atomic E-state index is 13.7. The van der Waals surface area contributed by atoms with E-state index in [1.807, 2.05) is 0 Å². The lowest BCUT2D eigenvalue weighted by Gasteiger charge is -2.42. The average Bonchev–Trinajstić information content (AvgIpc) is 3.38. The molecule has 3 unspecified atom stereocenters. The van der Waals surface area contributed by atoms with Crippen LogP contribution < -0.4 is 16.0 Å². The van der Waals surface area contributed by atoms with E-state index in [1.54, 1.807) is 0 Å². The van der Waals surface area contributed by atoms with Gasteiger partial charge in [0.2, 0.25) is 5.91 Å². The van der Waals surface area contributed by atoms with Gasteiger partial charge in [-0.3, -0.25) is 9.59 Å². The molecule has 2 aromatic rings. The van der Waals surface area contributed by atoms with Gasteiger partial charge in [0.15, 0.2) is 27.3 Å². The number of ether oxygens (including phenoxy) is 1. The molecular formula is C26H25ClF3N3O7S. The highest BCUT2D eigenvalue weighted by Crippen LogP contribution is 2.52.